The minimum absolute atomic E-state index is 0.151. The van der Waals surface area contributed by atoms with Crippen molar-refractivity contribution in [2.75, 3.05) is 32.7 Å². The molecule has 1 spiro atoms. The highest BCUT2D eigenvalue weighted by molar-refractivity contribution is 5.91. The van der Waals surface area contributed by atoms with Gasteiger partial charge in [0.25, 0.3) is 0 Å². The van der Waals surface area contributed by atoms with Crippen LogP contribution in [0.5, 0.6) is 0 Å². The molecule has 0 N–H and O–H groups in total. The van der Waals surface area contributed by atoms with Gasteiger partial charge < -0.3 is 14.7 Å². The lowest BCUT2D eigenvalue weighted by Gasteiger charge is -2.59. The van der Waals surface area contributed by atoms with Crippen molar-refractivity contribution in [1.29, 1.82) is 0 Å². The van der Waals surface area contributed by atoms with E-state index in [1.807, 2.05) is 0 Å². The van der Waals surface area contributed by atoms with Gasteiger partial charge in [-0.3, -0.25) is 9.59 Å². The van der Waals surface area contributed by atoms with Gasteiger partial charge >= 0.3 is 0 Å². The molecule has 1 atom stereocenters. The van der Waals surface area contributed by atoms with E-state index in [4.69, 9.17) is 0 Å². The molecule has 3 heterocycles. The largest absolute Gasteiger partial charge is 0.343 e. The van der Waals surface area contributed by atoms with Crippen LogP contribution in [0.15, 0.2) is 30.3 Å². The van der Waals surface area contributed by atoms with Gasteiger partial charge in [-0.05, 0) is 69.6 Å². The molecule has 4 aliphatic rings. The van der Waals surface area contributed by atoms with E-state index in [9.17, 15) is 9.59 Å². The van der Waals surface area contributed by atoms with Crippen molar-refractivity contribution in [2.24, 2.45) is 11.3 Å². The maximum atomic E-state index is 13.4. The van der Waals surface area contributed by atoms with E-state index < -0.39 is 0 Å². The first-order valence-corrected chi connectivity index (χ1v) is 13.0. The number of nitrogens with zero attached hydrogens (tertiary/aromatic N) is 3. The van der Waals surface area contributed by atoms with Crippen LogP contribution in [0.3, 0.4) is 0 Å². The number of carbonyl (C=O) groups is 2. The van der Waals surface area contributed by atoms with Crippen molar-refractivity contribution in [3.63, 3.8) is 0 Å². The smallest absolute Gasteiger partial charge is 0.232 e. The molecule has 0 aromatic heterocycles. The van der Waals surface area contributed by atoms with Crippen molar-refractivity contribution >= 4 is 11.8 Å². The van der Waals surface area contributed by atoms with E-state index in [2.05, 4.69) is 52.0 Å². The van der Waals surface area contributed by atoms with Crippen LogP contribution < -0.4 is 0 Å². The SMILES string of the molecule is CCN1CCC(CC(=O)N2CCC(N3C(=O)C4(CCCC4)C3c3ccccc3)CC2)CC1. The number of carbonyl (C=O) groups excluding carboxylic acids is 2. The second kappa shape index (κ2) is 9.17. The van der Waals surface area contributed by atoms with Crippen LogP contribution in [0.25, 0.3) is 0 Å². The Bertz CT molecular complexity index is 803. The Morgan fingerprint density at radius 2 is 1.62 bits per heavy atom. The van der Waals surface area contributed by atoms with E-state index in [0.717, 1.165) is 71.2 Å². The molecule has 5 nitrogen and oxygen atoms in total. The fraction of sp³-hybridized carbons (Fsp3) is 0.704. The average molecular weight is 438 g/mol. The third kappa shape index (κ3) is 3.87. The number of amides is 2. The number of piperidine rings is 2. The van der Waals surface area contributed by atoms with E-state index in [-0.39, 0.29) is 17.5 Å². The van der Waals surface area contributed by atoms with Crippen molar-refractivity contribution < 1.29 is 9.59 Å². The molecule has 174 valence electrons. The molecule has 5 rings (SSSR count). The van der Waals surface area contributed by atoms with Crippen molar-refractivity contribution in [2.45, 2.75) is 76.8 Å². The lowest BCUT2D eigenvalue weighted by Crippen LogP contribution is -2.66. The summed E-state index contributed by atoms with van der Waals surface area (Å²) in [6, 6.07) is 11.2. The van der Waals surface area contributed by atoms with Gasteiger partial charge in [-0.2, -0.15) is 0 Å². The lowest BCUT2D eigenvalue weighted by molar-refractivity contribution is -0.181. The van der Waals surface area contributed by atoms with Crippen LogP contribution in [-0.4, -0.2) is 65.3 Å². The van der Waals surface area contributed by atoms with Crippen LogP contribution in [0.2, 0.25) is 0 Å². The maximum absolute atomic E-state index is 13.4. The van der Waals surface area contributed by atoms with Gasteiger partial charge in [0.05, 0.1) is 11.5 Å². The highest BCUT2D eigenvalue weighted by Gasteiger charge is 2.63. The standard InChI is InChI=1S/C27H39N3O2/c1-2-28-16-10-21(11-17-28)20-24(31)29-18-12-23(13-19-29)30-25(22-8-4-3-5-9-22)27(26(30)32)14-6-7-15-27/h3-5,8-9,21,23,25H,2,6-7,10-20H2,1H3. The van der Waals surface area contributed by atoms with Crippen LogP contribution in [0, 0.1) is 11.3 Å². The van der Waals surface area contributed by atoms with Crippen molar-refractivity contribution in [3.05, 3.63) is 35.9 Å². The Labute approximate surface area is 193 Å². The summed E-state index contributed by atoms with van der Waals surface area (Å²) in [5.41, 5.74) is 1.15. The zero-order valence-corrected chi connectivity index (χ0v) is 19.7. The Morgan fingerprint density at radius 3 is 2.25 bits per heavy atom. The average Bonchev–Trinajstić information content (AvgIpc) is 3.36. The first-order chi connectivity index (χ1) is 15.6. The molecular weight excluding hydrogens is 398 g/mol. The summed E-state index contributed by atoms with van der Waals surface area (Å²) >= 11 is 0. The number of likely N-dealkylation sites (tertiary alicyclic amines) is 3. The molecule has 4 fully saturated rings. The minimum Gasteiger partial charge on any atom is -0.343 e. The fourth-order valence-corrected chi connectivity index (χ4v) is 6.95. The highest BCUT2D eigenvalue weighted by atomic mass is 16.2. The second-order valence-electron chi connectivity index (χ2n) is 10.6. The molecule has 32 heavy (non-hydrogen) atoms. The summed E-state index contributed by atoms with van der Waals surface area (Å²) in [4.78, 5) is 33.2. The summed E-state index contributed by atoms with van der Waals surface area (Å²) < 4.78 is 0. The maximum Gasteiger partial charge on any atom is 0.232 e. The number of β-lactam (4-membered cyclic amide) rings is 1. The summed E-state index contributed by atoms with van der Waals surface area (Å²) in [5.74, 6) is 1.26. The monoisotopic (exact) mass is 437 g/mol. The Balaban J connectivity index is 1.19. The molecule has 0 bridgehead atoms. The molecule has 1 saturated carbocycles. The zero-order chi connectivity index (χ0) is 22.1. The lowest BCUT2D eigenvalue weighted by atomic mass is 9.65. The van der Waals surface area contributed by atoms with Gasteiger partial charge in [0.2, 0.25) is 11.8 Å². The van der Waals surface area contributed by atoms with Gasteiger partial charge in [0.15, 0.2) is 0 Å². The summed E-state index contributed by atoms with van der Waals surface area (Å²) in [6.07, 6.45) is 9.28. The van der Waals surface area contributed by atoms with E-state index in [0.29, 0.717) is 24.2 Å². The molecular formula is C27H39N3O2. The minimum atomic E-state index is -0.151. The van der Waals surface area contributed by atoms with Crippen LogP contribution >= 0.6 is 0 Å². The predicted octanol–water partition coefficient (Wildman–Crippen LogP) is 4.24. The fourth-order valence-electron chi connectivity index (χ4n) is 6.95. The first-order valence-electron chi connectivity index (χ1n) is 13.0. The van der Waals surface area contributed by atoms with Crippen molar-refractivity contribution in [1.82, 2.24) is 14.7 Å². The van der Waals surface area contributed by atoms with Gasteiger partial charge in [-0.15, -0.1) is 0 Å². The third-order valence-corrected chi connectivity index (χ3v) is 8.90. The van der Waals surface area contributed by atoms with Crippen LogP contribution in [0.1, 0.15) is 76.3 Å². The number of hydrogen-bond acceptors (Lipinski definition) is 3. The topological polar surface area (TPSA) is 43.9 Å². The predicted molar refractivity (Wildman–Crippen MR) is 126 cm³/mol. The molecule has 0 radical (unpaired) electrons. The Morgan fingerprint density at radius 1 is 0.969 bits per heavy atom. The number of hydrogen-bond donors (Lipinski definition) is 0. The summed E-state index contributed by atoms with van der Waals surface area (Å²) in [6.45, 7) is 7.21. The molecule has 1 unspecified atom stereocenters. The van der Waals surface area contributed by atoms with Crippen LogP contribution in [0.4, 0.5) is 0 Å². The van der Waals surface area contributed by atoms with Gasteiger partial charge in [-0.25, -0.2) is 0 Å². The molecule has 3 saturated heterocycles. The normalized spacial score (nSPS) is 27.2. The van der Waals surface area contributed by atoms with E-state index >= 15 is 0 Å². The third-order valence-electron chi connectivity index (χ3n) is 8.90. The summed E-state index contributed by atoms with van der Waals surface area (Å²) in [7, 11) is 0. The molecule has 5 heteroatoms. The number of benzene rings is 1. The van der Waals surface area contributed by atoms with Gasteiger partial charge in [0.1, 0.15) is 0 Å². The molecule has 1 aromatic carbocycles. The quantitative estimate of drug-likeness (QED) is 0.647. The molecule has 1 aromatic rings. The second-order valence-corrected chi connectivity index (χ2v) is 10.6. The van der Waals surface area contributed by atoms with E-state index in [1.54, 1.807) is 0 Å². The van der Waals surface area contributed by atoms with Gasteiger partial charge in [0, 0.05) is 25.6 Å². The molecule has 2 amide bonds. The van der Waals surface area contributed by atoms with E-state index in [1.165, 1.54) is 18.4 Å². The summed E-state index contributed by atoms with van der Waals surface area (Å²) in [5, 5.41) is 0. The van der Waals surface area contributed by atoms with Gasteiger partial charge in [-0.1, -0.05) is 50.1 Å². The highest BCUT2D eigenvalue weighted by Crippen LogP contribution is 2.60. The Hall–Kier alpha value is -1.88. The molecule has 1 aliphatic carbocycles. The van der Waals surface area contributed by atoms with Crippen molar-refractivity contribution in [3.8, 4) is 0 Å². The molecule has 3 aliphatic heterocycles. The Kier molecular flexibility index (Phi) is 6.28. The van der Waals surface area contributed by atoms with Crippen LogP contribution in [-0.2, 0) is 9.59 Å². The zero-order valence-electron chi connectivity index (χ0n) is 19.7. The first kappa shape index (κ1) is 21.9. The number of rotatable bonds is 5.